The first kappa shape index (κ1) is 14.6. The topological polar surface area (TPSA) is 55.1 Å². The molecule has 1 aromatic carbocycles. The van der Waals surface area contributed by atoms with E-state index < -0.39 is 0 Å². The maximum Gasteiger partial charge on any atom is 0.220 e. The summed E-state index contributed by atoms with van der Waals surface area (Å²) in [4.78, 5) is 12.1. The first-order valence-corrected chi connectivity index (χ1v) is 6.60. The predicted octanol–water partition coefficient (Wildman–Crippen LogP) is 2.19. The van der Waals surface area contributed by atoms with Crippen LogP contribution < -0.4 is 11.1 Å². The molecule has 0 aromatic heterocycles. The van der Waals surface area contributed by atoms with Crippen LogP contribution in [0.5, 0.6) is 0 Å². The van der Waals surface area contributed by atoms with E-state index in [1.165, 1.54) is 5.56 Å². The molecule has 0 spiro atoms. The number of hydrogen-bond donors (Lipinski definition) is 2. The molecule has 0 saturated carbocycles. The molecule has 4 heteroatoms. The third kappa shape index (κ3) is 6.35. The van der Waals surface area contributed by atoms with Crippen LogP contribution in [0.2, 0.25) is 0 Å². The number of carbonyl (C=O) groups excluding carboxylic acids is 1. The average molecular weight is 264 g/mol. The van der Waals surface area contributed by atoms with Crippen LogP contribution in [0.3, 0.4) is 0 Å². The number of amides is 1. The van der Waals surface area contributed by atoms with Gasteiger partial charge in [-0.3, -0.25) is 4.79 Å². The lowest BCUT2D eigenvalue weighted by atomic mass is 10.1. The Hall–Kier alpha value is -1.42. The van der Waals surface area contributed by atoms with Crippen LogP contribution in [0.4, 0.5) is 0 Å². The van der Waals surface area contributed by atoms with Crippen molar-refractivity contribution < 1.29 is 4.79 Å². The van der Waals surface area contributed by atoms with Crippen LogP contribution in [-0.4, -0.2) is 16.9 Å². The van der Waals surface area contributed by atoms with Gasteiger partial charge in [-0.25, -0.2) is 0 Å². The molecule has 0 radical (unpaired) electrons. The van der Waals surface area contributed by atoms with Crippen molar-refractivity contribution in [1.29, 1.82) is 0 Å². The Kier molecular flexibility index (Phi) is 6.36. The third-order valence-corrected chi connectivity index (χ3v) is 2.79. The van der Waals surface area contributed by atoms with Crippen molar-refractivity contribution in [3.63, 3.8) is 0 Å². The lowest BCUT2D eigenvalue weighted by Crippen LogP contribution is -2.35. The van der Waals surface area contributed by atoms with Crippen molar-refractivity contribution in [2.24, 2.45) is 5.73 Å². The minimum atomic E-state index is 0.0201. The quantitative estimate of drug-likeness (QED) is 0.742. The fraction of sp³-hybridized carbons (Fsp3) is 0.429. The molecule has 0 saturated heterocycles. The second kappa shape index (κ2) is 7.82. The van der Waals surface area contributed by atoms with Crippen molar-refractivity contribution in [3.05, 3.63) is 35.9 Å². The predicted molar refractivity (Wildman–Crippen MR) is 78.4 cm³/mol. The van der Waals surface area contributed by atoms with Crippen molar-refractivity contribution in [3.8, 4) is 0 Å². The van der Waals surface area contributed by atoms with Crippen LogP contribution in [0.25, 0.3) is 0 Å². The summed E-state index contributed by atoms with van der Waals surface area (Å²) in [5.74, 6) is 0.0645. The Balaban J connectivity index is 2.19. The zero-order valence-electron chi connectivity index (χ0n) is 10.7. The number of nitrogens with two attached hydrogens (primary N) is 1. The van der Waals surface area contributed by atoms with Crippen LogP contribution in [-0.2, 0) is 11.2 Å². The first-order valence-electron chi connectivity index (χ1n) is 6.19. The molecule has 18 heavy (non-hydrogen) atoms. The number of hydrogen-bond acceptors (Lipinski definition) is 2. The largest absolute Gasteiger partial charge is 0.393 e. The number of aryl methyl sites for hydroxylation is 1. The van der Waals surface area contributed by atoms with E-state index in [1.54, 1.807) is 0 Å². The second-order valence-corrected chi connectivity index (χ2v) is 5.00. The van der Waals surface area contributed by atoms with Crippen LogP contribution >= 0.6 is 12.2 Å². The van der Waals surface area contributed by atoms with E-state index in [2.05, 4.69) is 17.4 Å². The van der Waals surface area contributed by atoms with Gasteiger partial charge in [0.2, 0.25) is 5.91 Å². The summed E-state index contributed by atoms with van der Waals surface area (Å²) in [5, 5.41) is 2.89. The maximum absolute atomic E-state index is 11.6. The fourth-order valence-electron chi connectivity index (χ4n) is 1.80. The highest BCUT2D eigenvalue weighted by Gasteiger charge is 2.07. The molecular weight excluding hydrogens is 244 g/mol. The van der Waals surface area contributed by atoms with Crippen LogP contribution in [0, 0.1) is 0 Å². The highest BCUT2D eigenvalue weighted by atomic mass is 32.1. The van der Waals surface area contributed by atoms with Gasteiger partial charge in [0.15, 0.2) is 0 Å². The van der Waals surface area contributed by atoms with E-state index in [4.69, 9.17) is 18.0 Å². The Morgan fingerprint density at radius 3 is 2.67 bits per heavy atom. The Labute approximate surface area is 114 Å². The molecule has 3 N–H and O–H groups in total. The number of thiocarbonyl (C=S) groups is 1. The highest BCUT2D eigenvalue weighted by Crippen LogP contribution is 2.04. The lowest BCUT2D eigenvalue weighted by Gasteiger charge is -2.12. The van der Waals surface area contributed by atoms with E-state index in [1.807, 2.05) is 25.1 Å². The molecule has 0 aliphatic rings. The molecule has 0 bridgehead atoms. The van der Waals surface area contributed by atoms with Gasteiger partial charge in [0.25, 0.3) is 0 Å². The zero-order chi connectivity index (χ0) is 13.4. The molecule has 1 atom stereocenters. The van der Waals surface area contributed by atoms with Crippen molar-refractivity contribution in [2.75, 3.05) is 0 Å². The zero-order valence-corrected chi connectivity index (χ0v) is 11.5. The molecule has 1 amide bonds. The smallest absolute Gasteiger partial charge is 0.220 e. The van der Waals surface area contributed by atoms with Gasteiger partial charge >= 0.3 is 0 Å². The second-order valence-electron chi connectivity index (χ2n) is 4.48. The van der Waals surface area contributed by atoms with Crippen molar-refractivity contribution in [1.82, 2.24) is 5.32 Å². The molecule has 1 unspecified atom stereocenters. The van der Waals surface area contributed by atoms with Gasteiger partial charge in [-0.05, 0) is 25.3 Å². The minimum Gasteiger partial charge on any atom is -0.393 e. The standard InChI is InChI=1S/C14H20N2OS/c1-11(10-13(15)18)16-14(17)9-5-8-12-6-3-2-4-7-12/h2-4,6-7,11H,5,8-10H2,1H3,(H2,15,18)(H,16,17). The molecule has 0 aliphatic carbocycles. The van der Waals surface area contributed by atoms with Gasteiger partial charge in [-0.15, -0.1) is 0 Å². The number of benzene rings is 1. The van der Waals surface area contributed by atoms with Crippen LogP contribution in [0.1, 0.15) is 31.7 Å². The molecule has 98 valence electrons. The third-order valence-electron chi connectivity index (χ3n) is 2.63. The van der Waals surface area contributed by atoms with E-state index in [-0.39, 0.29) is 11.9 Å². The summed E-state index contributed by atoms with van der Waals surface area (Å²) in [6.07, 6.45) is 2.88. The fourth-order valence-corrected chi connectivity index (χ4v) is 2.05. The molecule has 1 aromatic rings. The average Bonchev–Trinajstić information content (AvgIpc) is 2.29. The van der Waals surface area contributed by atoms with Gasteiger partial charge in [0.05, 0.1) is 4.99 Å². The van der Waals surface area contributed by atoms with E-state index in [9.17, 15) is 4.79 Å². The van der Waals surface area contributed by atoms with Crippen LogP contribution in [0.15, 0.2) is 30.3 Å². The Bertz CT molecular complexity index is 392. The number of rotatable bonds is 7. The normalized spacial score (nSPS) is 11.8. The maximum atomic E-state index is 11.6. The lowest BCUT2D eigenvalue weighted by molar-refractivity contribution is -0.121. The summed E-state index contributed by atoms with van der Waals surface area (Å²) in [6.45, 7) is 1.91. The number of nitrogens with one attached hydrogen (secondary N) is 1. The number of carbonyl (C=O) groups is 1. The molecular formula is C14H20N2OS. The Morgan fingerprint density at radius 2 is 2.06 bits per heavy atom. The summed E-state index contributed by atoms with van der Waals surface area (Å²) >= 11 is 4.80. The van der Waals surface area contributed by atoms with Gasteiger partial charge in [0.1, 0.15) is 0 Å². The molecule has 0 fully saturated rings. The molecule has 1 rings (SSSR count). The van der Waals surface area contributed by atoms with Gasteiger partial charge in [-0.2, -0.15) is 0 Å². The van der Waals surface area contributed by atoms with Crippen molar-refractivity contribution in [2.45, 2.75) is 38.6 Å². The Morgan fingerprint density at radius 1 is 1.39 bits per heavy atom. The SMILES string of the molecule is CC(CC(N)=S)NC(=O)CCCc1ccccc1. The summed E-state index contributed by atoms with van der Waals surface area (Å²) < 4.78 is 0. The van der Waals surface area contributed by atoms with Crippen molar-refractivity contribution >= 4 is 23.1 Å². The van der Waals surface area contributed by atoms with Gasteiger partial charge < -0.3 is 11.1 Å². The summed E-state index contributed by atoms with van der Waals surface area (Å²) in [6, 6.07) is 10.2. The molecule has 3 nitrogen and oxygen atoms in total. The van der Waals surface area contributed by atoms with Gasteiger partial charge in [0, 0.05) is 18.9 Å². The molecule has 0 aliphatic heterocycles. The summed E-state index contributed by atoms with van der Waals surface area (Å²) in [5.41, 5.74) is 6.69. The van der Waals surface area contributed by atoms with E-state index in [0.717, 1.165) is 12.8 Å². The van der Waals surface area contributed by atoms with E-state index >= 15 is 0 Å². The molecule has 0 heterocycles. The van der Waals surface area contributed by atoms with Gasteiger partial charge in [-0.1, -0.05) is 42.5 Å². The monoisotopic (exact) mass is 264 g/mol. The minimum absolute atomic E-state index is 0.0201. The first-order chi connectivity index (χ1) is 8.58. The highest BCUT2D eigenvalue weighted by molar-refractivity contribution is 7.80. The van der Waals surface area contributed by atoms with E-state index in [0.29, 0.717) is 17.8 Å². The summed E-state index contributed by atoms with van der Waals surface area (Å²) in [7, 11) is 0.